The van der Waals surface area contributed by atoms with Gasteiger partial charge in [-0.1, -0.05) is 0 Å². The Balaban J connectivity index is 3.18. The predicted molar refractivity (Wildman–Crippen MR) is 46.0 cm³/mol. The number of halogens is 1. The maximum absolute atomic E-state index is 13.0. The molecule has 14 heavy (non-hydrogen) atoms. The van der Waals surface area contributed by atoms with Gasteiger partial charge >= 0.3 is 5.97 Å². The first-order valence-corrected chi connectivity index (χ1v) is 3.82. The maximum atomic E-state index is 13.0. The number of methoxy groups -OCH3 is 1. The second-order valence-electron chi connectivity index (χ2n) is 2.65. The van der Waals surface area contributed by atoms with Crippen molar-refractivity contribution in [2.24, 2.45) is 0 Å². The molecule has 0 amide bonds. The van der Waals surface area contributed by atoms with Gasteiger partial charge in [0.25, 0.3) is 0 Å². The van der Waals surface area contributed by atoms with Gasteiger partial charge in [-0.15, -0.1) is 0 Å². The van der Waals surface area contributed by atoms with E-state index in [0.29, 0.717) is 0 Å². The van der Waals surface area contributed by atoms with E-state index in [4.69, 9.17) is 9.84 Å². The van der Waals surface area contributed by atoms with Gasteiger partial charge in [-0.2, -0.15) is 0 Å². The maximum Gasteiger partial charge on any atom is 0.308 e. The summed E-state index contributed by atoms with van der Waals surface area (Å²) in [5.74, 6) is -2.38. The molecule has 0 aromatic heterocycles. The molecule has 0 fully saturated rings. The van der Waals surface area contributed by atoms with Gasteiger partial charge in [0.15, 0.2) is 11.5 Å². The number of carboxylic acid groups (broad SMARTS) is 1. The Morgan fingerprint density at radius 2 is 2.21 bits per heavy atom. The molecule has 0 spiro atoms. The first kappa shape index (κ1) is 10.3. The van der Waals surface area contributed by atoms with Crippen LogP contribution in [-0.4, -0.2) is 23.3 Å². The molecule has 0 bridgehead atoms. The average Bonchev–Trinajstić information content (AvgIpc) is 2.12. The molecule has 0 aliphatic heterocycles. The van der Waals surface area contributed by atoms with E-state index in [1.807, 2.05) is 0 Å². The van der Waals surface area contributed by atoms with Crippen LogP contribution in [-0.2, 0) is 11.2 Å². The third-order valence-electron chi connectivity index (χ3n) is 1.74. The van der Waals surface area contributed by atoms with Crippen LogP contribution in [0.3, 0.4) is 0 Å². The van der Waals surface area contributed by atoms with Crippen molar-refractivity contribution in [1.82, 2.24) is 0 Å². The van der Waals surface area contributed by atoms with Gasteiger partial charge in [0, 0.05) is 5.56 Å². The number of phenolic OH excluding ortho intramolecular Hbond substituents is 1. The highest BCUT2D eigenvalue weighted by Gasteiger charge is 2.15. The molecule has 0 radical (unpaired) electrons. The number of phenols is 1. The molecule has 1 aromatic carbocycles. The summed E-state index contributed by atoms with van der Waals surface area (Å²) in [4.78, 5) is 10.4. The molecule has 0 unspecified atom stereocenters. The predicted octanol–water partition coefficient (Wildman–Crippen LogP) is 1.17. The van der Waals surface area contributed by atoms with Crippen molar-refractivity contribution in [3.05, 3.63) is 23.5 Å². The highest BCUT2D eigenvalue weighted by Crippen LogP contribution is 2.31. The van der Waals surface area contributed by atoms with Crippen molar-refractivity contribution in [3.63, 3.8) is 0 Å². The van der Waals surface area contributed by atoms with Gasteiger partial charge in [-0.3, -0.25) is 4.79 Å². The topological polar surface area (TPSA) is 66.8 Å². The summed E-state index contributed by atoms with van der Waals surface area (Å²) in [6.07, 6.45) is -0.575. The second kappa shape index (κ2) is 3.95. The number of aliphatic carboxylic acids is 1. The Morgan fingerprint density at radius 3 is 2.71 bits per heavy atom. The van der Waals surface area contributed by atoms with Crippen molar-refractivity contribution in [1.29, 1.82) is 0 Å². The lowest BCUT2D eigenvalue weighted by Gasteiger charge is -2.07. The van der Waals surface area contributed by atoms with Gasteiger partial charge in [-0.05, 0) is 12.1 Å². The number of hydrogen-bond donors (Lipinski definition) is 2. The molecule has 0 saturated heterocycles. The van der Waals surface area contributed by atoms with Gasteiger partial charge < -0.3 is 14.9 Å². The zero-order valence-electron chi connectivity index (χ0n) is 7.45. The highest BCUT2D eigenvalue weighted by molar-refractivity contribution is 5.72. The zero-order chi connectivity index (χ0) is 10.7. The lowest BCUT2D eigenvalue weighted by Crippen LogP contribution is -2.03. The van der Waals surface area contributed by atoms with Crippen molar-refractivity contribution < 1.29 is 24.1 Å². The van der Waals surface area contributed by atoms with Crippen LogP contribution in [0.5, 0.6) is 11.5 Å². The minimum atomic E-state index is -1.22. The molecule has 0 aliphatic rings. The van der Waals surface area contributed by atoms with Crippen molar-refractivity contribution in [3.8, 4) is 11.5 Å². The van der Waals surface area contributed by atoms with E-state index in [1.165, 1.54) is 13.2 Å². The Hall–Kier alpha value is -1.78. The van der Waals surface area contributed by atoms with E-state index in [2.05, 4.69) is 0 Å². The number of benzene rings is 1. The smallest absolute Gasteiger partial charge is 0.308 e. The molecular weight excluding hydrogens is 191 g/mol. The third-order valence-corrected chi connectivity index (χ3v) is 1.74. The van der Waals surface area contributed by atoms with Gasteiger partial charge in [0.2, 0.25) is 0 Å². The molecule has 2 N–H and O–H groups in total. The SMILES string of the molecule is COc1ccc(F)c(CC(=O)O)c1O. The minimum Gasteiger partial charge on any atom is -0.504 e. The fourth-order valence-corrected chi connectivity index (χ4v) is 1.07. The van der Waals surface area contributed by atoms with Crippen LogP contribution in [0.25, 0.3) is 0 Å². The first-order valence-electron chi connectivity index (χ1n) is 3.82. The standard InChI is InChI=1S/C9H9FO4/c1-14-7-3-2-6(10)5(9(7)13)4-8(11)12/h2-3,13H,4H2,1H3,(H,11,12). The van der Waals surface area contributed by atoms with Gasteiger partial charge in [0.1, 0.15) is 5.82 Å². The van der Waals surface area contributed by atoms with E-state index < -0.39 is 24.0 Å². The molecule has 1 rings (SSSR count). The number of carbonyl (C=O) groups is 1. The summed E-state index contributed by atoms with van der Waals surface area (Å²) in [5.41, 5.74) is -0.267. The Kier molecular flexibility index (Phi) is 2.91. The lowest BCUT2D eigenvalue weighted by molar-refractivity contribution is -0.136. The van der Waals surface area contributed by atoms with Crippen molar-refractivity contribution in [2.75, 3.05) is 7.11 Å². The zero-order valence-corrected chi connectivity index (χ0v) is 7.45. The van der Waals surface area contributed by atoms with Crippen molar-refractivity contribution in [2.45, 2.75) is 6.42 Å². The highest BCUT2D eigenvalue weighted by atomic mass is 19.1. The minimum absolute atomic E-state index is 0.0580. The molecule has 1 aromatic rings. The van der Waals surface area contributed by atoms with Crippen LogP contribution in [0.1, 0.15) is 5.56 Å². The fraction of sp³-hybridized carbons (Fsp3) is 0.222. The molecule has 4 nitrogen and oxygen atoms in total. The molecule has 0 saturated carbocycles. The summed E-state index contributed by atoms with van der Waals surface area (Å²) < 4.78 is 17.8. The summed E-state index contributed by atoms with van der Waals surface area (Å²) >= 11 is 0. The van der Waals surface area contributed by atoms with Crippen LogP contribution >= 0.6 is 0 Å². The summed E-state index contributed by atoms with van der Waals surface area (Å²) in [5, 5.41) is 17.9. The Morgan fingerprint density at radius 1 is 1.57 bits per heavy atom. The van der Waals surface area contributed by atoms with Crippen LogP contribution in [0.2, 0.25) is 0 Å². The first-order chi connectivity index (χ1) is 6.56. The van der Waals surface area contributed by atoms with Gasteiger partial charge in [0.05, 0.1) is 13.5 Å². The van der Waals surface area contributed by atoms with E-state index in [0.717, 1.165) is 6.07 Å². The van der Waals surface area contributed by atoms with Crippen LogP contribution in [0.4, 0.5) is 4.39 Å². The van der Waals surface area contributed by atoms with Crippen molar-refractivity contribution >= 4 is 5.97 Å². The second-order valence-corrected chi connectivity index (χ2v) is 2.65. The number of rotatable bonds is 3. The molecule has 5 heteroatoms. The van der Waals surface area contributed by atoms with E-state index in [1.54, 1.807) is 0 Å². The molecule has 0 heterocycles. The largest absolute Gasteiger partial charge is 0.504 e. The van der Waals surface area contributed by atoms with Crippen LogP contribution < -0.4 is 4.74 Å². The Labute approximate surface area is 79.6 Å². The van der Waals surface area contributed by atoms with E-state index in [-0.39, 0.29) is 11.3 Å². The number of hydrogen-bond acceptors (Lipinski definition) is 3. The summed E-state index contributed by atoms with van der Waals surface area (Å²) in [6.45, 7) is 0. The third kappa shape index (κ3) is 1.93. The number of carboxylic acids is 1. The Bertz CT molecular complexity index is 362. The summed E-state index contributed by atoms with van der Waals surface area (Å²) in [6, 6.07) is 2.28. The quantitative estimate of drug-likeness (QED) is 0.768. The monoisotopic (exact) mass is 200 g/mol. The molecule has 76 valence electrons. The average molecular weight is 200 g/mol. The number of aromatic hydroxyl groups is 1. The summed E-state index contributed by atoms with van der Waals surface area (Å²) in [7, 11) is 1.30. The van der Waals surface area contributed by atoms with E-state index >= 15 is 0 Å². The van der Waals surface area contributed by atoms with E-state index in [9.17, 15) is 14.3 Å². The molecule has 0 atom stereocenters. The molecular formula is C9H9FO4. The normalized spacial score (nSPS) is 9.86. The van der Waals surface area contributed by atoms with Gasteiger partial charge in [-0.25, -0.2) is 4.39 Å². The number of ether oxygens (including phenoxy) is 1. The van der Waals surface area contributed by atoms with Crippen LogP contribution in [0.15, 0.2) is 12.1 Å². The molecule has 0 aliphatic carbocycles. The fourth-order valence-electron chi connectivity index (χ4n) is 1.07. The lowest BCUT2D eigenvalue weighted by atomic mass is 10.1. The van der Waals surface area contributed by atoms with Crippen LogP contribution in [0, 0.1) is 5.82 Å².